The smallest absolute Gasteiger partial charge is 0.332 e. The van der Waals surface area contributed by atoms with Gasteiger partial charge in [-0.15, -0.1) is 0 Å². The number of aromatic nitrogens is 4. The lowest BCUT2D eigenvalue weighted by Gasteiger charge is -2.24. The summed E-state index contributed by atoms with van der Waals surface area (Å²) in [5, 5.41) is 38.6. The topological polar surface area (TPSA) is 143 Å². The van der Waals surface area contributed by atoms with Crippen molar-refractivity contribution < 1.29 is 20.4 Å². The van der Waals surface area contributed by atoms with Crippen LogP contribution >= 0.6 is 0 Å². The summed E-state index contributed by atoms with van der Waals surface area (Å²) in [5.74, 6) is -0.672. The molecule has 2 aromatic heterocycles. The molecule has 1 aliphatic rings. The number of nitrogens with zero attached hydrogens (tertiary/aromatic N) is 4. The van der Waals surface area contributed by atoms with E-state index in [2.05, 4.69) is 4.98 Å². The zero-order valence-electron chi connectivity index (χ0n) is 16.3. The van der Waals surface area contributed by atoms with Crippen molar-refractivity contribution >= 4 is 11.2 Å². The van der Waals surface area contributed by atoms with E-state index in [1.165, 1.54) is 36.1 Å². The number of rotatable bonds is 4. The molecule has 4 rings (SSSR count). The van der Waals surface area contributed by atoms with Crippen molar-refractivity contribution in [3.63, 3.8) is 0 Å². The summed E-state index contributed by atoms with van der Waals surface area (Å²) >= 11 is 0. The van der Waals surface area contributed by atoms with Gasteiger partial charge in [-0.1, -0.05) is 6.07 Å². The van der Waals surface area contributed by atoms with Crippen LogP contribution in [0.15, 0.2) is 46.0 Å². The van der Waals surface area contributed by atoms with Crippen LogP contribution < -0.4 is 11.2 Å². The number of hydrogen-bond donors (Lipinski definition) is 4. The fourth-order valence-corrected chi connectivity index (χ4v) is 3.83. The van der Waals surface area contributed by atoms with Gasteiger partial charge in [0.25, 0.3) is 5.56 Å². The van der Waals surface area contributed by atoms with Gasteiger partial charge in [-0.2, -0.15) is 0 Å². The van der Waals surface area contributed by atoms with Gasteiger partial charge in [-0.3, -0.25) is 13.9 Å². The summed E-state index contributed by atoms with van der Waals surface area (Å²) in [4.78, 5) is 30.1. The van der Waals surface area contributed by atoms with Crippen LogP contribution in [-0.4, -0.2) is 45.2 Å². The van der Waals surface area contributed by atoms with Gasteiger partial charge in [0, 0.05) is 13.6 Å². The van der Waals surface area contributed by atoms with Gasteiger partial charge in [0.2, 0.25) is 0 Å². The van der Waals surface area contributed by atoms with E-state index in [1.54, 1.807) is 10.6 Å². The molecular formula is C20H22N4O6. The molecule has 0 saturated carbocycles. The fourth-order valence-electron chi connectivity index (χ4n) is 3.83. The predicted octanol–water partition coefficient (Wildman–Crippen LogP) is 0.569. The van der Waals surface area contributed by atoms with Crippen molar-refractivity contribution in [1.82, 2.24) is 18.7 Å². The van der Waals surface area contributed by atoms with Crippen LogP contribution in [-0.2, 0) is 20.1 Å². The van der Waals surface area contributed by atoms with E-state index in [0.717, 1.165) is 4.57 Å². The van der Waals surface area contributed by atoms with Crippen LogP contribution in [0.25, 0.3) is 11.2 Å². The molecule has 10 nitrogen and oxygen atoms in total. The molecule has 158 valence electrons. The molecule has 0 aliphatic heterocycles. The molecule has 2 unspecified atom stereocenters. The maximum Gasteiger partial charge on any atom is 0.332 e. The Morgan fingerprint density at radius 2 is 1.93 bits per heavy atom. The molecule has 0 spiro atoms. The highest BCUT2D eigenvalue weighted by atomic mass is 16.3. The van der Waals surface area contributed by atoms with Crippen molar-refractivity contribution in [2.24, 2.45) is 13.0 Å². The molecule has 0 radical (unpaired) electrons. The molecule has 0 saturated heterocycles. The SMILES string of the molecule is Cn1c(=O)n(Cc2ccc(O)c(O)c2)c(=O)c2c1ncn2CC1CC=C(O)C(O)C1. The minimum Gasteiger partial charge on any atom is -0.510 e. The molecular weight excluding hydrogens is 392 g/mol. The molecule has 30 heavy (non-hydrogen) atoms. The average molecular weight is 414 g/mol. The van der Waals surface area contributed by atoms with Crippen molar-refractivity contribution in [3.05, 3.63) is 62.8 Å². The van der Waals surface area contributed by atoms with Gasteiger partial charge in [-0.25, -0.2) is 9.78 Å². The average Bonchev–Trinajstić information content (AvgIpc) is 3.13. The van der Waals surface area contributed by atoms with Crippen molar-refractivity contribution in [2.45, 2.75) is 32.0 Å². The summed E-state index contributed by atoms with van der Waals surface area (Å²) in [6.07, 6.45) is 3.04. The van der Waals surface area contributed by atoms with Crippen LogP contribution in [0.3, 0.4) is 0 Å². The Labute approximate surface area is 170 Å². The second-order valence-electron chi connectivity index (χ2n) is 7.61. The highest BCUT2D eigenvalue weighted by Gasteiger charge is 2.24. The van der Waals surface area contributed by atoms with Crippen LogP contribution in [0.1, 0.15) is 18.4 Å². The number of allylic oxidation sites excluding steroid dienone is 1. The first-order valence-electron chi connectivity index (χ1n) is 9.49. The van der Waals surface area contributed by atoms with E-state index in [0.29, 0.717) is 24.9 Å². The van der Waals surface area contributed by atoms with E-state index < -0.39 is 17.4 Å². The van der Waals surface area contributed by atoms with E-state index >= 15 is 0 Å². The highest BCUT2D eigenvalue weighted by Crippen LogP contribution is 2.26. The molecule has 2 atom stereocenters. The molecule has 3 aromatic rings. The van der Waals surface area contributed by atoms with Crippen LogP contribution in [0.2, 0.25) is 0 Å². The number of aliphatic hydroxyl groups excluding tert-OH is 2. The van der Waals surface area contributed by atoms with Crippen molar-refractivity contribution in [1.29, 1.82) is 0 Å². The summed E-state index contributed by atoms with van der Waals surface area (Å²) in [5.41, 5.74) is -0.0805. The highest BCUT2D eigenvalue weighted by molar-refractivity contribution is 5.70. The van der Waals surface area contributed by atoms with Gasteiger partial charge < -0.3 is 25.0 Å². The third-order valence-electron chi connectivity index (χ3n) is 5.50. The normalized spacial score (nSPS) is 19.2. The fraction of sp³-hybridized carbons (Fsp3) is 0.350. The number of phenols is 2. The molecule has 10 heteroatoms. The number of aromatic hydroxyl groups is 2. The molecule has 2 heterocycles. The number of hydrogen-bond acceptors (Lipinski definition) is 7. The van der Waals surface area contributed by atoms with Gasteiger partial charge in [0.1, 0.15) is 11.9 Å². The Kier molecular flexibility index (Phi) is 4.86. The second kappa shape index (κ2) is 7.38. The Hall–Kier alpha value is -3.53. The van der Waals surface area contributed by atoms with Crippen LogP contribution in [0.4, 0.5) is 0 Å². The second-order valence-corrected chi connectivity index (χ2v) is 7.61. The van der Waals surface area contributed by atoms with Crippen LogP contribution in [0, 0.1) is 5.92 Å². The summed E-state index contributed by atoms with van der Waals surface area (Å²) in [6.45, 7) is 0.310. The predicted molar refractivity (Wildman–Crippen MR) is 108 cm³/mol. The lowest BCUT2D eigenvalue weighted by atomic mass is 9.91. The number of aryl methyl sites for hydroxylation is 1. The lowest BCUT2D eigenvalue weighted by molar-refractivity contribution is 0.111. The monoisotopic (exact) mass is 414 g/mol. The Morgan fingerprint density at radius 1 is 1.17 bits per heavy atom. The minimum absolute atomic E-state index is 0.00701. The quantitative estimate of drug-likeness (QED) is 0.457. The summed E-state index contributed by atoms with van der Waals surface area (Å²) in [6, 6.07) is 4.11. The maximum atomic E-state index is 13.2. The number of fused-ring (bicyclic) bond motifs is 1. The lowest BCUT2D eigenvalue weighted by Crippen LogP contribution is -2.40. The minimum atomic E-state index is -0.929. The third-order valence-corrected chi connectivity index (χ3v) is 5.50. The first-order valence-corrected chi connectivity index (χ1v) is 9.49. The van der Waals surface area contributed by atoms with E-state index in [9.17, 15) is 30.0 Å². The Balaban J connectivity index is 1.75. The maximum absolute atomic E-state index is 13.2. The van der Waals surface area contributed by atoms with Gasteiger partial charge in [-0.05, 0) is 42.5 Å². The molecule has 4 N–H and O–H groups in total. The summed E-state index contributed by atoms with van der Waals surface area (Å²) in [7, 11) is 1.53. The molecule has 0 amide bonds. The Morgan fingerprint density at radius 3 is 2.63 bits per heavy atom. The zero-order valence-corrected chi connectivity index (χ0v) is 16.3. The van der Waals surface area contributed by atoms with Crippen molar-refractivity contribution in [2.75, 3.05) is 0 Å². The first-order chi connectivity index (χ1) is 14.3. The molecule has 1 aromatic carbocycles. The standard InChI is InChI=1S/C20H22N4O6/c1-22-18-17(23(10-21-18)8-11-2-4-13(25)15(27)6-11)19(29)24(20(22)30)9-12-3-5-14(26)16(28)7-12/h3-5,7,10-11,15,25-28H,2,6,8-9H2,1H3. The molecule has 0 fully saturated rings. The first kappa shape index (κ1) is 19.8. The zero-order chi connectivity index (χ0) is 21.6. The summed E-state index contributed by atoms with van der Waals surface area (Å²) < 4.78 is 4.00. The molecule has 0 bridgehead atoms. The van der Waals surface area contributed by atoms with E-state index in [4.69, 9.17) is 0 Å². The Bertz CT molecular complexity index is 1270. The number of benzene rings is 1. The third kappa shape index (κ3) is 3.35. The molecule has 1 aliphatic carbocycles. The van der Waals surface area contributed by atoms with Gasteiger partial charge in [0.15, 0.2) is 22.7 Å². The number of aliphatic hydroxyl groups is 2. The number of imidazole rings is 1. The van der Waals surface area contributed by atoms with Gasteiger partial charge in [0.05, 0.1) is 12.9 Å². The number of phenolic OH excluding ortho intramolecular Hbond substituents is 2. The van der Waals surface area contributed by atoms with E-state index in [-0.39, 0.29) is 40.9 Å². The van der Waals surface area contributed by atoms with E-state index in [1.807, 2.05) is 0 Å². The van der Waals surface area contributed by atoms with Gasteiger partial charge >= 0.3 is 5.69 Å². The van der Waals surface area contributed by atoms with Crippen LogP contribution in [0.5, 0.6) is 11.5 Å². The van der Waals surface area contributed by atoms with Crippen molar-refractivity contribution in [3.8, 4) is 11.5 Å². The largest absolute Gasteiger partial charge is 0.510 e.